The number of ether oxygens (including phenoxy) is 1. The molecule has 0 aliphatic carbocycles. The van der Waals surface area contributed by atoms with Crippen LogP contribution < -0.4 is 4.74 Å². The van der Waals surface area contributed by atoms with Gasteiger partial charge in [0.1, 0.15) is 11.2 Å². The Kier molecular flexibility index (Phi) is 2.07. The van der Waals surface area contributed by atoms with E-state index in [-0.39, 0.29) is 0 Å². The molecule has 0 fully saturated rings. The third-order valence-corrected chi connectivity index (χ3v) is 1.95. The minimum absolute atomic E-state index is 0.593. The topological polar surface area (TPSA) is 63.7 Å². The Hall–Kier alpha value is -1.65. The first-order chi connectivity index (χ1) is 6.72. The molecule has 0 aliphatic rings. The van der Waals surface area contributed by atoms with E-state index in [1.807, 2.05) is 20.8 Å². The first-order valence-corrected chi connectivity index (χ1v) is 4.54. The molecular formula is C9H12N4O. The minimum Gasteiger partial charge on any atom is -0.477 e. The average molecular weight is 192 g/mol. The fourth-order valence-corrected chi connectivity index (χ4v) is 1.38. The maximum absolute atomic E-state index is 5.43. The molecule has 0 unspecified atom stereocenters. The molecule has 0 aromatic carbocycles. The van der Waals surface area contributed by atoms with Gasteiger partial charge in [-0.3, -0.25) is 5.10 Å². The lowest BCUT2D eigenvalue weighted by Crippen LogP contribution is -1.98. The van der Waals surface area contributed by atoms with E-state index in [0.29, 0.717) is 24.0 Å². The summed E-state index contributed by atoms with van der Waals surface area (Å²) in [4.78, 5) is 8.44. The molecule has 2 aromatic heterocycles. The second-order valence-corrected chi connectivity index (χ2v) is 3.06. The molecule has 74 valence electrons. The van der Waals surface area contributed by atoms with Crippen molar-refractivity contribution >= 4 is 11.0 Å². The summed E-state index contributed by atoms with van der Waals surface area (Å²) < 4.78 is 5.43. The van der Waals surface area contributed by atoms with Crippen LogP contribution in [0.5, 0.6) is 5.88 Å². The van der Waals surface area contributed by atoms with Crippen LogP contribution >= 0.6 is 0 Å². The van der Waals surface area contributed by atoms with Crippen LogP contribution in [0.4, 0.5) is 0 Å². The van der Waals surface area contributed by atoms with Crippen molar-refractivity contribution in [2.24, 2.45) is 0 Å². The zero-order valence-corrected chi connectivity index (χ0v) is 8.46. The molecule has 0 amide bonds. The number of hydrogen-bond donors (Lipinski definition) is 1. The van der Waals surface area contributed by atoms with Gasteiger partial charge in [-0.25, -0.2) is 4.98 Å². The summed E-state index contributed by atoms with van der Waals surface area (Å²) in [6.45, 7) is 6.28. The highest BCUT2D eigenvalue weighted by molar-refractivity contribution is 5.82. The van der Waals surface area contributed by atoms with Crippen molar-refractivity contribution in [1.82, 2.24) is 20.2 Å². The van der Waals surface area contributed by atoms with E-state index in [4.69, 9.17) is 4.74 Å². The van der Waals surface area contributed by atoms with Crippen LogP contribution in [-0.2, 0) is 0 Å². The summed E-state index contributed by atoms with van der Waals surface area (Å²) >= 11 is 0. The molecule has 2 heterocycles. The van der Waals surface area contributed by atoms with Crippen molar-refractivity contribution in [3.63, 3.8) is 0 Å². The van der Waals surface area contributed by atoms with Gasteiger partial charge >= 0.3 is 0 Å². The van der Waals surface area contributed by atoms with Crippen LogP contribution in [0.2, 0.25) is 0 Å². The summed E-state index contributed by atoms with van der Waals surface area (Å²) in [6.07, 6.45) is 0. The summed E-state index contributed by atoms with van der Waals surface area (Å²) in [5.74, 6) is 1.29. The van der Waals surface area contributed by atoms with Gasteiger partial charge in [-0.1, -0.05) is 0 Å². The van der Waals surface area contributed by atoms with Crippen molar-refractivity contribution in [1.29, 1.82) is 0 Å². The van der Waals surface area contributed by atoms with Crippen LogP contribution in [0.15, 0.2) is 0 Å². The van der Waals surface area contributed by atoms with Gasteiger partial charge < -0.3 is 4.74 Å². The van der Waals surface area contributed by atoms with Crippen molar-refractivity contribution < 1.29 is 4.74 Å². The standard InChI is InChI=1S/C9H12N4O/c1-4-14-9-7-5(2)12-13-8(7)10-6(3)11-9/h4H2,1-3H3,(H,10,11,12,13). The fourth-order valence-electron chi connectivity index (χ4n) is 1.38. The molecular weight excluding hydrogens is 180 g/mol. The van der Waals surface area contributed by atoms with Crippen LogP contribution in [0, 0.1) is 13.8 Å². The molecule has 0 bridgehead atoms. The fraction of sp³-hybridized carbons (Fsp3) is 0.444. The number of fused-ring (bicyclic) bond motifs is 1. The summed E-state index contributed by atoms with van der Waals surface area (Å²) in [5, 5.41) is 7.81. The number of nitrogens with zero attached hydrogens (tertiary/aromatic N) is 3. The van der Waals surface area contributed by atoms with Gasteiger partial charge in [0.05, 0.1) is 6.61 Å². The Morgan fingerprint density at radius 3 is 2.79 bits per heavy atom. The van der Waals surface area contributed by atoms with Crippen LogP contribution in [0.3, 0.4) is 0 Å². The summed E-state index contributed by atoms with van der Waals surface area (Å²) in [7, 11) is 0. The maximum Gasteiger partial charge on any atom is 0.228 e. The molecule has 0 radical (unpaired) electrons. The number of aromatic amines is 1. The molecule has 5 heteroatoms. The third-order valence-electron chi connectivity index (χ3n) is 1.95. The lowest BCUT2D eigenvalue weighted by molar-refractivity contribution is 0.330. The van der Waals surface area contributed by atoms with E-state index >= 15 is 0 Å². The lowest BCUT2D eigenvalue weighted by Gasteiger charge is -2.03. The van der Waals surface area contributed by atoms with Gasteiger partial charge in [-0.15, -0.1) is 0 Å². The zero-order chi connectivity index (χ0) is 10.1. The molecule has 0 saturated carbocycles. The summed E-state index contributed by atoms with van der Waals surface area (Å²) in [6, 6.07) is 0. The Morgan fingerprint density at radius 1 is 1.29 bits per heavy atom. The van der Waals surface area contributed by atoms with E-state index in [2.05, 4.69) is 20.2 Å². The molecule has 1 N–H and O–H groups in total. The van der Waals surface area contributed by atoms with Gasteiger partial charge in [-0.05, 0) is 20.8 Å². The van der Waals surface area contributed by atoms with Crippen molar-refractivity contribution in [2.75, 3.05) is 6.61 Å². The predicted molar refractivity (Wildman–Crippen MR) is 52.3 cm³/mol. The van der Waals surface area contributed by atoms with E-state index in [0.717, 1.165) is 11.1 Å². The zero-order valence-electron chi connectivity index (χ0n) is 8.46. The minimum atomic E-state index is 0.593. The monoisotopic (exact) mass is 192 g/mol. The SMILES string of the molecule is CCOc1nc(C)nc2n[nH]c(C)c12. The molecule has 2 rings (SSSR count). The van der Waals surface area contributed by atoms with Gasteiger partial charge in [-0.2, -0.15) is 10.1 Å². The highest BCUT2D eigenvalue weighted by Gasteiger charge is 2.11. The largest absolute Gasteiger partial charge is 0.477 e. The molecule has 5 nitrogen and oxygen atoms in total. The van der Waals surface area contributed by atoms with E-state index in [1.54, 1.807) is 0 Å². The number of H-pyrrole nitrogens is 1. The van der Waals surface area contributed by atoms with Crippen LogP contribution in [0.25, 0.3) is 11.0 Å². The normalized spacial score (nSPS) is 10.8. The number of aromatic nitrogens is 4. The number of nitrogens with one attached hydrogen (secondary N) is 1. The van der Waals surface area contributed by atoms with Crippen LogP contribution in [-0.4, -0.2) is 26.8 Å². The van der Waals surface area contributed by atoms with Crippen molar-refractivity contribution in [3.8, 4) is 5.88 Å². The Balaban J connectivity index is 2.70. The van der Waals surface area contributed by atoms with Gasteiger partial charge in [0.15, 0.2) is 5.65 Å². The average Bonchev–Trinajstić information content (AvgIpc) is 2.48. The third kappa shape index (κ3) is 1.30. The number of hydrogen-bond acceptors (Lipinski definition) is 4. The first kappa shape index (κ1) is 8.93. The van der Waals surface area contributed by atoms with E-state index < -0.39 is 0 Å². The molecule has 0 aliphatic heterocycles. The molecule has 14 heavy (non-hydrogen) atoms. The first-order valence-electron chi connectivity index (χ1n) is 4.54. The van der Waals surface area contributed by atoms with Crippen molar-refractivity contribution in [2.45, 2.75) is 20.8 Å². The summed E-state index contributed by atoms with van der Waals surface area (Å²) in [5.41, 5.74) is 1.60. The lowest BCUT2D eigenvalue weighted by atomic mass is 10.3. The highest BCUT2D eigenvalue weighted by Crippen LogP contribution is 2.23. The Morgan fingerprint density at radius 2 is 2.07 bits per heavy atom. The van der Waals surface area contributed by atoms with Gasteiger partial charge in [0.25, 0.3) is 0 Å². The maximum atomic E-state index is 5.43. The smallest absolute Gasteiger partial charge is 0.228 e. The Labute approximate surface area is 81.5 Å². The van der Waals surface area contributed by atoms with E-state index in [1.165, 1.54) is 0 Å². The van der Waals surface area contributed by atoms with Gasteiger partial charge in [0, 0.05) is 5.69 Å². The molecule has 0 saturated heterocycles. The Bertz CT molecular complexity index is 463. The van der Waals surface area contributed by atoms with E-state index in [9.17, 15) is 0 Å². The van der Waals surface area contributed by atoms with Crippen LogP contribution in [0.1, 0.15) is 18.4 Å². The van der Waals surface area contributed by atoms with Crippen molar-refractivity contribution in [3.05, 3.63) is 11.5 Å². The molecule has 2 aromatic rings. The quantitative estimate of drug-likeness (QED) is 0.780. The predicted octanol–water partition coefficient (Wildman–Crippen LogP) is 1.37. The highest BCUT2D eigenvalue weighted by atomic mass is 16.5. The number of rotatable bonds is 2. The second-order valence-electron chi connectivity index (χ2n) is 3.06. The second kappa shape index (κ2) is 3.25. The molecule has 0 spiro atoms. The molecule has 0 atom stereocenters. The number of aryl methyl sites for hydroxylation is 2. The van der Waals surface area contributed by atoms with Gasteiger partial charge in [0.2, 0.25) is 5.88 Å².